The summed E-state index contributed by atoms with van der Waals surface area (Å²) in [7, 11) is -3.96. The van der Waals surface area contributed by atoms with Crippen molar-refractivity contribution >= 4 is 28.0 Å². The minimum Gasteiger partial charge on any atom is -0.443 e. The van der Waals surface area contributed by atoms with Gasteiger partial charge in [-0.3, -0.25) is 4.98 Å². The molecule has 1 fully saturated rings. The zero-order chi connectivity index (χ0) is 25.2. The van der Waals surface area contributed by atoms with Gasteiger partial charge in [0.05, 0.1) is 12.2 Å². The van der Waals surface area contributed by atoms with Crippen LogP contribution in [-0.2, 0) is 28.0 Å². The molecule has 0 radical (unpaired) electrons. The number of hydrogen-bond acceptors (Lipinski definition) is 6. The second kappa shape index (κ2) is 9.82. The quantitative estimate of drug-likeness (QED) is 0.661. The van der Waals surface area contributed by atoms with E-state index in [1.807, 2.05) is 41.1 Å². The first-order valence-corrected chi connectivity index (χ1v) is 13.0. The third-order valence-electron chi connectivity index (χ3n) is 6.01. The van der Waals surface area contributed by atoms with Gasteiger partial charge >= 0.3 is 22.3 Å². The van der Waals surface area contributed by atoms with E-state index < -0.39 is 21.9 Å². The van der Waals surface area contributed by atoms with E-state index in [2.05, 4.69) is 10.3 Å². The van der Waals surface area contributed by atoms with Crippen LogP contribution in [0.3, 0.4) is 0 Å². The van der Waals surface area contributed by atoms with Crippen LogP contribution < -0.4 is 10.0 Å². The van der Waals surface area contributed by atoms with Crippen LogP contribution in [0.4, 0.5) is 15.3 Å². The minimum atomic E-state index is -3.96. The Bertz CT molecular complexity index is 1160. The molecule has 35 heavy (non-hydrogen) atoms. The van der Waals surface area contributed by atoms with Gasteiger partial charge in [0.15, 0.2) is 0 Å². The molecule has 2 aromatic rings. The SMILES string of the molecule is CC(C)(C)OC(=O)NS(=O)(=O)N1CCC(c2ccc(NC(=O)N3Cc4cccnc4C3)cc2)CC1. The Morgan fingerprint density at radius 3 is 2.37 bits per heavy atom. The number of nitrogens with one attached hydrogen (secondary N) is 2. The molecule has 2 N–H and O–H groups in total. The molecule has 0 aliphatic carbocycles. The van der Waals surface area contributed by atoms with Crippen molar-refractivity contribution < 1.29 is 22.7 Å². The molecule has 1 aromatic heterocycles. The van der Waals surface area contributed by atoms with Gasteiger partial charge in [0.2, 0.25) is 0 Å². The maximum atomic E-state index is 12.6. The van der Waals surface area contributed by atoms with Gasteiger partial charge in [0.1, 0.15) is 5.60 Å². The molecule has 0 unspecified atom stereocenters. The average Bonchev–Trinajstić information content (AvgIpc) is 3.23. The van der Waals surface area contributed by atoms with Gasteiger partial charge in [0, 0.05) is 31.5 Å². The maximum Gasteiger partial charge on any atom is 0.422 e. The fourth-order valence-corrected chi connectivity index (χ4v) is 5.36. The second-order valence-corrected chi connectivity index (χ2v) is 11.5. The molecule has 2 aliphatic heterocycles. The summed E-state index contributed by atoms with van der Waals surface area (Å²) in [4.78, 5) is 30.6. The molecule has 0 spiro atoms. The van der Waals surface area contributed by atoms with E-state index in [1.165, 1.54) is 4.31 Å². The van der Waals surface area contributed by atoms with Crippen LogP contribution in [0, 0.1) is 0 Å². The van der Waals surface area contributed by atoms with Gasteiger partial charge in [-0.2, -0.15) is 12.7 Å². The molecule has 11 heteroatoms. The molecule has 1 saturated heterocycles. The summed E-state index contributed by atoms with van der Waals surface area (Å²) in [6.45, 7) is 6.64. The Morgan fingerprint density at radius 1 is 1.06 bits per heavy atom. The Hall–Kier alpha value is -3.18. The number of carbonyl (C=O) groups is 2. The van der Waals surface area contributed by atoms with E-state index in [9.17, 15) is 18.0 Å². The lowest BCUT2D eigenvalue weighted by Gasteiger charge is -2.31. The maximum absolute atomic E-state index is 12.6. The Morgan fingerprint density at radius 2 is 1.74 bits per heavy atom. The van der Waals surface area contributed by atoms with Crippen LogP contribution in [-0.4, -0.2) is 53.4 Å². The number of urea groups is 1. The summed E-state index contributed by atoms with van der Waals surface area (Å²) < 4.78 is 33.3. The normalized spacial score (nSPS) is 17.1. The second-order valence-electron chi connectivity index (χ2n) is 9.80. The summed E-state index contributed by atoms with van der Waals surface area (Å²) in [5, 5.41) is 2.93. The van der Waals surface area contributed by atoms with E-state index in [1.54, 1.807) is 31.9 Å². The Labute approximate surface area is 205 Å². The third-order valence-corrected chi connectivity index (χ3v) is 7.48. The number of pyridine rings is 1. The summed E-state index contributed by atoms with van der Waals surface area (Å²) in [6, 6.07) is 11.3. The predicted octanol–water partition coefficient (Wildman–Crippen LogP) is 3.58. The van der Waals surface area contributed by atoms with Crippen LogP contribution >= 0.6 is 0 Å². The van der Waals surface area contributed by atoms with Crippen LogP contribution in [0.1, 0.15) is 56.4 Å². The standard InChI is InChI=1S/C24H31N5O5S/c1-24(2,3)34-23(31)27-35(32,33)29-13-10-18(11-14-29)17-6-8-20(9-7-17)26-22(30)28-15-19-5-4-12-25-21(19)16-28/h4-9,12,18H,10-11,13-16H2,1-3H3,(H,26,30)(H,27,31). The van der Waals surface area contributed by atoms with E-state index in [0.717, 1.165) is 16.8 Å². The van der Waals surface area contributed by atoms with Gasteiger partial charge in [-0.15, -0.1) is 0 Å². The van der Waals surface area contributed by atoms with Crippen LogP contribution in [0.15, 0.2) is 42.6 Å². The van der Waals surface area contributed by atoms with Crippen LogP contribution in [0.2, 0.25) is 0 Å². The van der Waals surface area contributed by atoms with Crippen LogP contribution in [0.25, 0.3) is 0 Å². The zero-order valence-corrected chi connectivity index (χ0v) is 21.0. The Balaban J connectivity index is 1.28. The number of hydrogen-bond donors (Lipinski definition) is 2. The number of aromatic nitrogens is 1. The average molecular weight is 502 g/mol. The van der Waals surface area contributed by atoms with Gasteiger partial charge in [0.25, 0.3) is 0 Å². The largest absolute Gasteiger partial charge is 0.443 e. The fourth-order valence-electron chi connectivity index (χ4n) is 4.28. The van der Waals surface area contributed by atoms with Crippen molar-refractivity contribution in [1.29, 1.82) is 0 Å². The highest BCUT2D eigenvalue weighted by Gasteiger charge is 2.31. The van der Waals surface area contributed by atoms with E-state index >= 15 is 0 Å². The Kier molecular flexibility index (Phi) is 7.00. The van der Waals surface area contributed by atoms with Crippen molar-refractivity contribution in [3.63, 3.8) is 0 Å². The van der Waals surface area contributed by atoms with Gasteiger partial charge in [-0.1, -0.05) is 18.2 Å². The van der Waals surface area contributed by atoms with Crippen molar-refractivity contribution in [3.8, 4) is 0 Å². The monoisotopic (exact) mass is 501 g/mol. The number of nitrogens with zero attached hydrogens (tertiary/aromatic N) is 3. The molecule has 3 amide bonds. The lowest BCUT2D eigenvalue weighted by molar-refractivity contribution is 0.0566. The van der Waals surface area contributed by atoms with Crippen LogP contribution in [0.5, 0.6) is 0 Å². The van der Waals surface area contributed by atoms with Gasteiger partial charge in [-0.05, 0) is 68.9 Å². The lowest BCUT2D eigenvalue weighted by atomic mass is 9.90. The fraction of sp³-hybridized carbons (Fsp3) is 0.458. The molecule has 188 valence electrons. The van der Waals surface area contributed by atoms with E-state index in [0.29, 0.717) is 44.7 Å². The molecule has 0 bridgehead atoms. The summed E-state index contributed by atoms with van der Waals surface area (Å²) >= 11 is 0. The number of benzene rings is 1. The number of ether oxygens (including phenoxy) is 1. The number of fused-ring (bicyclic) bond motifs is 1. The highest BCUT2D eigenvalue weighted by molar-refractivity contribution is 7.87. The van der Waals surface area contributed by atoms with E-state index in [4.69, 9.17) is 4.74 Å². The molecule has 1 aromatic carbocycles. The molecule has 3 heterocycles. The smallest absolute Gasteiger partial charge is 0.422 e. The first kappa shape index (κ1) is 24.9. The summed E-state index contributed by atoms with van der Waals surface area (Å²) in [5.41, 5.74) is 2.98. The lowest BCUT2D eigenvalue weighted by Crippen LogP contribution is -2.47. The molecule has 2 aliphatic rings. The topological polar surface area (TPSA) is 121 Å². The van der Waals surface area contributed by atoms with Crippen molar-refractivity contribution in [2.45, 2.75) is 58.2 Å². The molecular weight excluding hydrogens is 470 g/mol. The number of anilines is 1. The molecular formula is C24H31N5O5S. The van der Waals surface area contributed by atoms with Crippen molar-refractivity contribution in [2.75, 3.05) is 18.4 Å². The summed E-state index contributed by atoms with van der Waals surface area (Å²) in [5.74, 6) is 0.187. The molecule has 0 saturated carbocycles. The predicted molar refractivity (Wildman–Crippen MR) is 131 cm³/mol. The molecule has 0 atom stereocenters. The van der Waals surface area contributed by atoms with Gasteiger partial charge < -0.3 is 15.0 Å². The van der Waals surface area contributed by atoms with E-state index in [-0.39, 0.29) is 11.9 Å². The number of rotatable bonds is 4. The van der Waals surface area contributed by atoms with Crippen molar-refractivity contribution in [2.24, 2.45) is 0 Å². The first-order chi connectivity index (χ1) is 16.5. The molecule has 10 nitrogen and oxygen atoms in total. The van der Waals surface area contributed by atoms with Gasteiger partial charge in [-0.25, -0.2) is 14.3 Å². The zero-order valence-electron chi connectivity index (χ0n) is 20.2. The van der Waals surface area contributed by atoms with Crippen molar-refractivity contribution in [3.05, 3.63) is 59.4 Å². The highest BCUT2D eigenvalue weighted by atomic mass is 32.2. The number of amides is 3. The summed E-state index contributed by atoms with van der Waals surface area (Å²) in [6.07, 6.45) is 2.00. The highest BCUT2D eigenvalue weighted by Crippen LogP contribution is 2.30. The third kappa shape index (κ3) is 6.29. The number of carbonyl (C=O) groups excluding carboxylic acids is 2. The number of piperidine rings is 1. The van der Waals surface area contributed by atoms with Crippen molar-refractivity contribution in [1.82, 2.24) is 18.9 Å². The minimum absolute atomic E-state index is 0.174. The molecule has 4 rings (SSSR count). The first-order valence-electron chi connectivity index (χ1n) is 11.6.